The molecule has 77 heavy (non-hydrogen) atoms. The summed E-state index contributed by atoms with van der Waals surface area (Å²) >= 11 is 0. The molecule has 2 aromatic carbocycles. The lowest BCUT2D eigenvalue weighted by molar-refractivity contribution is -0.400. The molecule has 0 amide bonds. The van der Waals surface area contributed by atoms with Gasteiger partial charge < -0.3 is 45.1 Å². The Balaban J connectivity index is 0.916. The van der Waals surface area contributed by atoms with Gasteiger partial charge in [0.05, 0.1) is 36.4 Å². The summed E-state index contributed by atoms with van der Waals surface area (Å²) in [5, 5.41) is 73.4. The Labute approximate surface area is 456 Å². The lowest BCUT2D eigenvalue weighted by atomic mass is 9.29. The second-order valence-electron chi connectivity index (χ2n) is 28.7. The van der Waals surface area contributed by atoms with Crippen molar-refractivity contribution >= 4 is 12.3 Å². The Morgan fingerprint density at radius 2 is 1.64 bits per heavy atom. The minimum absolute atomic E-state index is 0.0956. The highest BCUT2D eigenvalue weighted by Crippen LogP contribution is 2.85. The Morgan fingerprint density at radius 3 is 2.43 bits per heavy atom. The number of likely N-dealkylation sites (N-methyl/N-ethyl adjacent to an activating group) is 1. The third-order valence-corrected chi connectivity index (χ3v) is 27.4. The molecule has 10 saturated carbocycles. The number of benzene rings is 2. The first-order valence-corrected chi connectivity index (χ1v) is 31.1. The quantitative estimate of drug-likeness (QED) is 0.0937. The molecule has 8 bridgehead atoms. The van der Waals surface area contributed by atoms with Gasteiger partial charge in [-0.2, -0.15) is 0 Å². The maximum Gasteiger partial charge on any atom is 0.331 e. The van der Waals surface area contributed by atoms with E-state index >= 15 is 9.90 Å². The molecular formula is C67H85NO9. The minimum Gasteiger partial charge on any atom is -0.454 e. The van der Waals surface area contributed by atoms with Crippen LogP contribution in [0.15, 0.2) is 60.2 Å². The van der Waals surface area contributed by atoms with Crippen LogP contribution in [0.2, 0.25) is 0 Å². The molecule has 10 heteroatoms. The molecule has 3 spiro atoms. The van der Waals surface area contributed by atoms with Crippen molar-refractivity contribution in [3.63, 3.8) is 0 Å². The van der Waals surface area contributed by atoms with Crippen molar-refractivity contribution in [2.45, 2.75) is 195 Å². The summed E-state index contributed by atoms with van der Waals surface area (Å²) in [6, 6.07) is 16.8. The highest BCUT2D eigenvalue weighted by Gasteiger charge is 2.89. The van der Waals surface area contributed by atoms with E-state index in [1.165, 1.54) is 31.2 Å². The molecular weight excluding hydrogens is 963 g/mol. The van der Waals surface area contributed by atoms with E-state index in [4.69, 9.17) is 9.47 Å². The Kier molecular flexibility index (Phi) is 11.5. The highest BCUT2D eigenvalue weighted by atomic mass is 16.5. The van der Waals surface area contributed by atoms with Gasteiger partial charge in [0, 0.05) is 58.6 Å². The molecule has 2 heterocycles. The SMILES string of the molecule is CNC1Cc2c(cccc2CO)C#CCCC23CCC4C5(C=O)CC67C8CC9CC(c%10ccccc%10)CCC96CCC8COC7C6CCC(C(C)C7CCCC7)CC(C(O)C4(O)C2(O)CC2CC1C1OC(=O)C=C1C23)C65O. The summed E-state index contributed by atoms with van der Waals surface area (Å²) in [6.07, 6.45) is 17.3. The first-order valence-electron chi connectivity index (χ1n) is 31.1. The largest absolute Gasteiger partial charge is 0.454 e. The van der Waals surface area contributed by atoms with Crippen molar-refractivity contribution < 1.29 is 44.6 Å². The molecule has 412 valence electrons. The fourth-order valence-corrected chi connectivity index (χ4v) is 24.6. The van der Waals surface area contributed by atoms with E-state index in [2.05, 4.69) is 54.4 Å². The summed E-state index contributed by atoms with van der Waals surface area (Å²) < 4.78 is 13.9. The molecule has 23 atom stereocenters. The Hall–Kier alpha value is -3.40. The third-order valence-electron chi connectivity index (χ3n) is 27.4. The molecule has 2 aliphatic heterocycles. The number of hydrogen-bond donors (Lipinski definition) is 6. The molecule has 0 aromatic heterocycles. The van der Waals surface area contributed by atoms with Crippen molar-refractivity contribution in [1.82, 2.24) is 5.32 Å². The summed E-state index contributed by atoms with van der Waals surface area (Å²) in [5.74, 6) is 6.36. The highest BCUT2D eigenvalue weighted by molar-refractivity contribution is 5.86. The number of aliphatic hydroxyl groups excluding tert-OH is 2. The van der Waals surface area contributed by atoms with Crippen LogP contribution in [0.4, 0.5) is 0 Å². The maximum absolute atomic E-state index is 15.7. The number of ether oxygens (including phenoxy) is 2. The summed E-state index contributed by atoms with van der Waals surface area (Å²) in [4.78, 5) is 29.6. The molecule has 6 N–H and O–H groups in total. The molecule has 1 saturated heterocycles. The lowest BCUT2D eigenvalue weighted by Crippen LogP contribution is -2.87. The smallest absolute Gasteiger partial charge is 0.331 e. The van der Waals surface area contributed by atoms with Gasteiger partial charge in [-0.05, 0) is 197 Å². The molecule has 14 aliphatic rings. The van der Waals surface area contributed by atoms with Crippen molar-refractivity contribution in [3.8, 4) is 11.8 Å². The molecule has 11 fully saturated rings. The van der Waals surface area contributed by atoms with Gasteiger partial charge in [0.2, 0.25) is 0 Å². The van der Waals surface area contributed by atoms with Crippen LogP contribution in [0, 0.1) is 105 Å². The van der Waals surface area contributed by atoms with E-state index in [-0.39, 0.29) is 60.2 Å². The standard InChI is InChI=1S/C67H85NO9/c1-38(39-11-6-7-12-39)42-18-19-51-60-64(52-30-47-27-43(40-13-4-3-5-14-40)20-24-61(47,64)25-21-45(52)35-76-60)36-63(37-70)55-22-26-62-23-9-8-15-41-16-10-17-44(34-69)48(41)31-54(68-2)49-28-46(57(62)50-32-56(71)77-58(49)50)33-65(62,73)67(55,75)59(72)53(29-42)66(51,63)74/h3-5,10,13-14,16-17,32,37-39,42-43,45-47,49,51-55,57-60,68-69,72-75H,6-7,9,11-12,18-31,33-36H2,1-2H3. The van der Waals surface area contributed by atoms with Crippen molar-refractivity contribution in [3.05, 3.63) is 82.4 Å². The summed E-state index contributed by atoms with van der Waals surface area (Å²) in [5.41, 5.74) is -3.86. The fraction of sp³-hybridized carbons (Fsp3) is 0.731. The van der Waals surface area contributed by atoms with Gasteiger partial charge in [0.15, 0.2) is 0 Å². The summed E-state index contributed by atoms with van der Waals surface area (Å²) in [7, 11) is 1.95. The topological polar surface area (TPSA) is 166 Å². The van der Waals surface area contributed by atoms with E-state index < -0.39 is 63.0 Å². The number of rotatable bonds is 6. The second-order valence-corrected chi connectivity index (χ2v) is 28.7. The fourth-order valence-electron chi connectivity index (χ4n) is 24.6. The second kappa shape index (κ2) is 17.6. The summed E-state index contributed by atoms with van der Waals surface area (Å²) in [6.45, 7) is 2.96. The molecule has 12 aliphatic carbocycles. The number of aldehydes is 1. The Bertz CT molecular complexity index is 2820. The van der Waals surface area contributed by atoms with Gasteiger partial charge in [0.1, 0.15) is 23.6 Å². The monoisotopic (exact) mass is 1050 g/mol. The van der Waals surface area contributed by atoms with Crippen LogP contribution in [-0.4, -0.2) is 92.6 Å². The van der Waals surface area contributed by atoms with Crippen LogP contribution in [0.5, 0.6) is 0 Å². The van der Waals surface area contributed by atoms with Crippen LogP contribution >= 0.6 is 0 Å². The van der Waals surface area contributed by atoms with E-state index in [0.29, 0.717) is 93.5 Å². The van der Waals surface area contributed by atoms with Gasteiger partial charge in [-0.3, -0.25) is 0 Å². The predicted molar refractivity (Wildman–Crippen MR) is 289 cm³/mol. The first kappa shape index (κ1) is 50.6. The predicted octanol–water partition coefficient (Wildman–Crippen LogP) is 8.76. The van der Waals surface area contributed by atoms with E-state index in [9.17, 15) is 25.2 Å². The Morgan fingerprint density at radius 1 is 0.831 bits per heavy atom. The average Bonchev–Trinajstić information content (AvgIpc) is 3.63. The lowest BCUT2D eigenvalue weighted by Gasteiger charge is -2.78. The van der Waals surface area contributed by atoms with Crippen LogP contribution in [-0.2, 0) is 32.1 Å². The molecule has 16 rings (SSSR count). The number of hydrogen-bond acceptors (Lipinski definition) is 10. The molecule has 0 radical (unpaired) electrons. The average molecular weight is 1050 g/mol. The van der Waals surface area contributed by atoms with E-state index in [0.717, 1.165) is 79.9 Å². The number of carbonyl (C=O) groups is 2. The van der Waals surface area contributed by atoms with Gasteiger partial charge in [-0.25, -0.2) is 4.79 Å². The van der Waals surface area contributed by atoms with Crippen molar-refractivity contribution in [2.24, 2.45) is 92.7 Å². The molecule has 23 unspecified atom stereocenters. The normalized spacial score (nSPS) is 51.1. The van der Waals surface area contributed by atoms with Gasteiger partial charge in [-0.1, -0.05) is 86.9 Å². The van der Waals surface area contributed by atoms with Crippen molar-refractivity contribution in [1.29, 1.82) is 0 Å². The van der Waals surface area contributed by atoms with Crippen molar-refractivity contribution in [2.75, 3.05) is 13.7 Å². The zero-order valence-corrected chi connectivity index (χ0v) is 45.7. The van der Waals surface area contributed by atoms with E-state index in [1.807, 2.05) is 25.2 Å². The number of nitrogens with one attached hydrogen (secondary N) is 1. The number of fused-ring (bicyclic) bond motifs is 7. The zero-order valence-electron chi connectivity index (χ0n) is 45.7. The van der Waals surface area contributed by atoms with Gasteiger partial charge >= 0.3 is 5.97 Å². The van der Waals surface area contributed by atoms with Gasteiger partial charge in [-0.15, -0.1) is 0 Å². The third kappa shape index (κ3) is 6.20. The van der Waals surface area contributed by atoms with Crippen LogP contribution in [0.1, 0.15) is 164 Å². The number of esters is 1. The van der Waals surface area contributed by atoms with Crippen LogP contribution in [0.25, 0.3) is 0 Å². The van der Waals surface area contributed by atoms with E-state index in [1.54, 1.807) is 6.08 Å². The molecule has 10 nitrogen and oxygen atoms in total. The number of carbonyl (C=O) groups excluding carboxylic acids is 2. The maximum atomic E-state index is 15.7. The number of aliphatic hydroxyl groups is 5. The van der Waals surface area contributed by atoms with Crippen LogP contribution < -0.4 is 5.32 Å². The first-order chi connectivity index (χ1) is 37.3. The zero-order chi connectivity index (χ0) is 52.6. The molecule has 2 aromatic rings. The van der Waals surface area contributed by atoms with Gasteiger partial charge in [0.25, 0.3) is 0 Å². The minimum atomic E-state index is -2.19. The van der Waals surface area contributed by atoms with Crippen LogP contribution in [0.3, 0.4) is 0 Å².